The van der Waals surface area contributed by atoms with Crippen LogP contribution in [0.1, 0.15) is 41.3 Å². The van der Waals surface area contributed by atoms with Crippen LogP contribution in [0.25, 0.3) is 0 Å². The van der Waals surface area contributed by atoms with Crippen LogP contribution < -0.4 is 0 Å². The van der Waals surface area contributed by atoms with Gasteiger partial charge in [-0.3, -0.25) is 9.59 Å². The highest BCUT2D eigenvalue weighted by atomic mass is 35.5. The van der Waals surface area contributed by atoms with Crippen molar-refractivity contribution in [3.8, 4) is 5.75 Å². The number of carbonyl (C=O) groups excluding carboxylic acids is 1. The molecule has 0 amide bonds. The Morgan fingerprint density at radius 1 is 1.13 bits per heavy atom. The van der Waals surface area contributed by atoms with Gasteiger partial charge < -0.3 is 15.4 Å². The Balaban J connectivity index is 1.94. The maximum Gasteiger partial charge on any atom is 0.307 e. The molecule has 2 rings (SSSR count). The van der Waals surface area contributed by atoms with Crippen molar-refractivity contribution in [2.24, 2.45) is 5.16 Å². The first-order chi connectivity index (χ1) is 14.9. The Kier molecular flexibility index (Phi) is 10.2. The Hall–Kier alpha value is -2.16. The molecule has 0 atom stereocenters. The molecule has 0 spiro atoms. The highest BCUT2D eigenvalue weighted by molar-refractivity contribution is 8.00. The summed E-state index contributed by atoms with van der Waals surface area (Å²) in [5, 5.41) is 31.2. The minimum atomic E-state index is -0.888. The third kappa shape index (κ3) is 7.48. The quantitative estimate of drug-likeness (QED) is 0.0911. The molecule has 0 aliphatic rings. The molecular formula is C22H24ClNO5S2. The molecule has 2 aromatic rings. The molecule has 0 aliphatic heterocycles. The number of oxime groups is 1. The van der Waals surface area contributed by atoms with E-state index >= 15 is 0 Å². The van der Waals surface area contributed by atoms with E-state index in [2.05, 4.69) is 5.16 Å². The summed E-state index contributed by atoms with van der Waals surface area (Å²) in [5.41, 5.74) is 1.53. The molecule has 31 heavy (non-hydrogen) atoms. The smallest absolute Gasteiger partial charge is 0.307 e. The van der Waals surface area contributed by atoms with E-state index in [9.17, 15) is 14.7 Å². The van der Waals surface area contributed by atoms with Gasteiger partial charge in [-0.1, -0.05) is 36.2 Å². The first-order valence-corrected chi connectivity index (χ1v) is 12.0. The molecule has 3 N–H and O–H groups in total. The van der Waals surface area contributed by atoms with Crippen LogP contribution in [0.15, 0.2) is 45.3 Å². The van der Waals surface area contributed by atoms with Gasteiger partial charge in [0.2, 0.25) is 5.78 Å². The fraction of sp³-hybridized carbons (Fsp3) is 0.318. The maximum absolute atomic E-state index is 11.9. The standard InChI is InChI=1S/C22H24ClNO5S2/c1-2-4-16-19(8-6-15(22(16)28)18(25)13-24-29)30-9-3-10-31-20-7-5-14(11-17(20)23)12-21(26)27/h5-8,11,13,28-29H,2-4,9-10,12H2,1H3,(H,26,27). The molecule has 0 saturated carbocycles. The molecule has 0 bridgehead atoms. The number of phenolic OH excluding ortho intramolecular Hbond substituents is 1. The van der Waals surface area contributed by atoms with Crippen molar-refractivity contribution in [2.75, 3.05) is 11.5 Å². The lowest BCUT2D eigenvalue weighted by Gasteiger charge is -2.13. The van der Waals surface area contributed by atoms with Gasteiger partial charge in [-0.25, -0.2) is 0 Å². The number of halogens is 1. The maximum atomic E-state index is 11.9. The highest BCUT2D eigenvalue weighted by Crippen LogP contribution is 2.35. The molecule has 0 aliphatic carbocycles. The molecule has 2 aromatic carbocycles. The largest absolute Gasteiger partial charge is 0.507 e. The second kappa shape index (κ2) is 12.6. The number of carboxylic acids is 1. The lowest BCUT2D eigenvalue weighted by atomic mass is 10.0. The van der Waals surface area contributed by atoms with E-state index in [-0.39, 0.29) is 17.7 Å². The summed E-state index contributed by atoms with van der Waals surface area (Å²) in [6.07, 6.45) is 3.07. The summed E-state index contributed by atoms with van der Waals surface area (Å²) in [6, 6.07) is 8.69. The van der Waals surface area contributed by atoms with Crippen molar-refractivity contribution in [3.63, 3.8) is 0 Å². The molecule has 0 aromatic heterocycles. The first kappa shape index (κ1) is 25.1. The van der Waals surface area contributed by atoms with Crippen LogP contribution in [-0.2, 0) is 17.6 Å². The highest BCUT2D eigenvalue weighted by Gasteiger charge is 2.16. The van der Waals surface area contributed by atoms with Crippen LogP contribution >= 0.6 is 35.1 Å². The Morgan fingerprint density at radius 2 is 1.81 bits per heavy atom. The van der Waals surface area contributed by atoms with Crippen molar-refractivity contribution in [1.29, 1.82) is 0 Å². The number of thioether (sulfide) groups is 2. The topological polar surface area (TPSA) is 107 Å². The number of hydrogen-bond acceptors (Lipinski definition) is 7. The summed E-state index contributed by atoms with van der Waals surface area (Å²) in [7, 11) is 0. The van der Waals surface area contributed by atoms with Crippen LogP contribution in [0.3, 0.4) is 0 Å². The second-order valence-corrected chi connectivity index (χ2v) is 9.36. The average Bonchev–Trinajstić information content (AvgIpc) is 2.71. The van der Waals surface area contributed by atoms with Crippen molar-refractivity contribution >= 4 is 53.1 Å². The van der Waals surface area contributed by atoms with Crippen LogP contribution in [0.5, 0.6) is 5.75 Å². The number of nitrogens with zero attached hydrogens (tertiary/aromatic N) is 1. The lowest BCUT2D eigenvalue weighted by Crippen LogP contribution is -2.03. The minimum Gasteiger partial charge on any atom is -0.507 e. The summed E-state index contributed by atoms with van der Waals surface area (Å²) < 4.78 is 0. The number of hydrogen-bond donors (Lipinski definition) is 3. The van der Waals surface area contributed by atoms with E-state index in [0.29, 0.717) is 17.0 Å². The van der Waals surface area contributed by atoms with E-state index in [1.165, 1.54) is 0 Å². The van der Waals surface area contributed by atoms with E-state index in [1.54, 1.807) is 41.7 Å². The number of ketones is 1. The van der Waals surface area contributed by atoms with Gasteiger partial charge in [-0.2, -0.15) is 0 Å². The molecule has 0 fully saturated rings. The van der Waals surface area contributed by atoms with Crippen LogP contribution in [0.4, 0.5) is 0 Å². The van der Waals surface area contributed by atoms with E-state index in [1.807, 2.05) is 19.1 Å². The molecule has 6 nitrogen and oxygen atoms in total. The van der Waals surface area contributed by atoms with Gasteiger partial charge in [0, 0.05) is 15.4 Å². The van der Waals surface area contributed by atoms with Gasteiger partial charge >= 0.3 is 5.97 Å². The fourth-order valence-electron chi connectivity index (χ4n) is 2.93. The van der Waals surface area contributed by atoms with Crippen molar-refractivity contribution in [2.45, 2.75) is 42.4 Å². The zero-order chi connectivity index (χ0) is 22.8. The van der Waals surface area contributed by atoms with Crippen molar-refractivity contribution in [1.82, 2.24) is 0 Å². The number of phenols is 1. The molecule has 0 saturated heterocycles. The second-order valence-electron chi connectivity index (χ2n) is 6.68. The molecule has 166 valence electrons. The van der Waals surface area contributed by atoms with Gasteiger partial charge in [0.1, 0.15) is 12.0 Å². The monoisotopic (exact) mass is 481 g/mol. The van der Waals surface area contributed by atoms with Crippen LogP contribution in [0.2, 0.25) is 5.02 Å². The number of aliphatic carboxylic acids is 1. The first-order valence-electron chi connectivity index (χ1n) is 9.69. The SMILES string of the molecule is CCCc1c(SCCCSc2ccc(CC(=O)O)cc2Cl)ccc(C(=O)C=NO)c1O. The summed E-state index contributed by atoms with van der Waals surface area (Å²) in [5.74, 6) is 0.171. The fourth-order valence-corrected chi connectivity index (χ4v) is 5.40. The zero-order valence-corrected chi connectivity index (χ0v) is 19.4. The average molecular weight is 482 g/mol. The normalized spacial score (nSPS) is 11.2. The van der Waals surface area contributed by atoms with Gasteiger partial charge in [-0.15, -0.1) is 23.5 Å². The van der Waals surface area contributed by atoms with Crippen LogP contribution in [0, 0.1) is 0 Å². The number of carbonyl (C=O) groups is 2. The lowest BCUT2D eigenvalue weighted by molar-refractivity contribution is -0.136. The molecule has 0 radical (unpaired) electrons. The van der Waals surface area contributed by atoms with Gasteiger partial charge in [0.25, 0.3) is 0 Å². The predicted octanol–water partition coefficient (Wildman–Crippen LogP) is 5.54. The Labute approximate surface area is 194 Å². The molecule has 0 unspecified atom stereocenters. The number of rotatable bonds is 12. The molecule has 9 heteroatoms. The van der Waals surface area contributed by atoms with Crippen molar-refractivity contribution in [3.05, 3.63) is 52.0 Å². The Morgan fingerprint density at radius 3 is 2.42 bits per heavy atom. The zero-order valence-electron chi connectivity index (χ0n) is 17.0. The third-order valence-corrected chi connectivity index (χ3v) is 7.11. The van der Waals surface area contributed by atoms with Gasteiger partial charge in [0.15, 0.2) is 0 Å². The number of carboxylic acid groups (broad SMARTS) is 1. The molecular weight excluding hydrogens is 458 g/mol. The van der Waals surface area contributed by atoms with E-state index in [4.69, 9.17) is 21.9 Å². The number of Topliss-reactive ketones (excluding diaryl/α,β-unsaturated/α-hetero) is 1. The number of aromatic hydroxyl groups is 1. The minimum absolute atomic E-state index is 0.0502. The number of benzene rings is 2. The van der Waals surface area contributed by atoms with Crippen molar-refractivity contribution < 1.29 is 25.0 Å². The summed E-state index contributed by atoms with van der Waals surface area (Å²) >= 11 is 9.49. The predicted molar refractivity (Wildman–Crippen MR) is 126 cm³/mol. The summed E-state index contributed by atoms with van der Waals surface area (Å²) in [4.78, 5) is 24.6. The van der Waals surface area contributed by atoms with E-state index < -0.39 is 11.8 Å². The summed E-state index contributed by atoms with van der Waals surface area (Å²) in [6.45, 7) is 2.00. The van der Waals surface area contributed by atoms with Crippen LogP contribution in [-0.4, -0.2) is 44.9 Å². The van der Waals surface area contributed by atoms with E-state index in [0.717, 1.165) is 45.9 Å². The Bertz CT molecular complexity index is 965. The molecule has 0 heterocycles. The van der Waals surface area contributed by atoms with Gasteiger partial charge in [-0.05, 0) is 54.2 Å². The van der Waals surface area contributed by atoms with Gasteiger partial charge in [0.05, 0.1) is 17.0 Å². The third-order valence-electron chi connectivity index (χ3n) is 4.34.